The van der Waals surface area contributed by atoms with Gasteiger partial charge in [0.2, 0.25) is 0 Å². The van der Waals surface area contributed by atoms with E-state index in [9.17, 15) is 4.79 Å². The van der Waals surface area contributed by atoms with E-state index in [1.54, 1.807) is 7.05 Å². The number of aromatic amines is 1. The summed E-state index contributed by atoms with van der Waals surface area (Å²) in [6.45, 7) is 0. The van der Waals surface area contributed by atoms with Gasteiger partial charge >= 0.3 is 0 Å². The predicted octanol–water partition coefficient (Wildman–Crippen LogP) is 0.433. The lowest BCUT2D eigenvalue weighted by atomic mass is 10.3. The molecule has 0 unspecified atom stereocenters. The summed E-state index contributed by atoms with van der Waals surface area (Å²) in [5, 5.41) is 11.1. The fraction of sp³-hybridized carbons (Fsp3) is 0.333. The van der Waals surface area contributed by atoms with Crippen molar-refractivity contribution in [2.24, 2.45) is 7.05 Å². The molecule has 0 spiro atoms. The zero-order valence-electron chi connectivity index (χ0n) is 5.89. The van der Waals surface area contributed by atoms with Crippen LogP contribution in [0.3, 0.4) is 0 Å². The Morgan fingerprint density at radius 3 is 2.82 bits per heavy atom. The van der Waals surface area contributed by atoms with Crippen molar-refractivity contribution >= 4 is 11.6 Å². The molecule has 0 fully saturated rings. The number of halogens is 1. The lowest BCUT2D eigenvalue weighted by molar-refractivity contribution is 0.727. The number of hydrogen-bond acceptors (Lipinski definition) is 2. The van der Waals surface area contributed by atoms with Crippen molar-refractivity contribution < 1.29 is 0 Å². The first kappa shape index (κ1) is 7.89. The molecule has 5 heteroatoms. The molecule has 0 aliphatic heterocycles. The summed E-state index contributed by atoms with van der Waals surface area (Å²) in [6.07, 6.45) is 0.134. The van der Waals surface area contributed by atoms with Gasteiger partial charge in [0.05, 0.1) is 18.2 Å². The average Bonchev–Trinajstić information content (AvgIpc) is 2.19. The van der Waals surface area contributed by atoms with Gasteiger partial charge in [0, 0.05) is 7.05 Å². The van der Waals surface area contributed by atoms with Gasteiger partial charge in [-0.05, 0) is 0 Å². The molecule has 0 aliphatic rings. The van der Waals surface area contributed by atoms with Crippen LogP contribution in [0.4, 0.5) is 0 Å². The molecule has 11 heavy (non-hydrogen) atoms. The van der Waals surface area contributed by atoms with Crippen molar-refractivity contribution in [1.29, 1.82) is 5.26 Å². The number of aromatic nitrogens is 2. The van der Waals surface area contributed by atoms with Gasteiger partial charge in [-0.2, -0.15) is 5.26 Å². The third kappa shape index (κ3) is 1.28. The number of rotatable bonds is 1. The van der Waals surface area contributed by atoms with Crippen molar-refractivity contribution in [2.75, 3.05) is 0 Å². The highest BCUT2D eigenvalue weighted by molar-refractivity contribution is 6.31. The summed E-state index contributed by atoms with van der Waals surface area (Å²) in [4.78, 5) is 11.0. The SMILES string of the molecule is Cn1[nH]c(CC#N)c(Cl)c1=O. The predicted molar refractivity (Wildman–Crippen MR) is 40.4 cm³/mol. The molecule has 1 rings (SSSR count). The highest BCUT2D eigenvalue weighted by Gasteiger charge is 2.07. The Balaban J connectivity index is 3.21. The molecule has 4 nitrogen and oxygen atoms in total. The van der Waals surface area contributed by atoms with Crippen LogP contribution in [0, 0.1) is 11.3 Å². The standard InChI is InChI=1S/C6H6ClN3O/c1-10-6(11)5(7)4(9-10)2-3-8/h9H,2H2,1H3. The van der Waals surface area contributed by atoms with Crippen LogP contribution in [-0.2, 0) is 13.5 Å². The number of nitriles is 1. The maximum atomic E-state index is 11.0. The molecule has 1 aromatic rings. The minimum absolute atomic E-state index is 0.106. The van der Waals surface area contributed by atoms with Crippen LogP contribution < -0.4 is 5.56 Å². The molecule has 0 atom stereocenters. The summed E-state index contributed by atoms with van der Waals surface area (Å²) in [5.41, 5.74) is 0.179. The van der Waals surface area contributed by atoms with Crippen molar-refractivity contribution in [3.8, 4) is 6.07 Å². The number of nitrogens with one attached hydrogen (secondary N) is 1. The molecule has 0 radical (unpaired) electrons. The summed E-state index contributed by atoms with van der Waals surface area (Å²) in [7, 11) is 1.55. The molecule has 0 aromatic carbocycles. The van der Waals surface area contributed by atoms with Crippen molar-refractivity contribution in [3.63, 3.8) is 0 Å². The van der Waals surface area contributed by atoms with Gasteiger partial charge in [-0.25, -0.2) is 0 Å². The smallest absolute Gasteiger partial charge is 0.285 e. The lowest BCUT2D eigenvalue weighted by Crippen LogP contribution is -2.11. The first-order valence-corrected chi connectivity index (χ1v) is 3.35. The fourth-order valence-corrected chi connectivity index (χ4v) is 1.01. The monoisotopic (exact) mass is 171 g/mol. The normalized spacial score (nSPS) is 9.55. The van der Waals surface area contributed by atoms with Crippen LogP contribution in [0.2, 0.25) is 5.02 Å². The molecule has 0 aliphatic carbocycles. The first-order chi connectivity index (χ1) is 5.16. The van der Waals surface area contributed by atoms with Gasteiger partial charge in [-0.3, -0.25) is 14.6 Å². The summed E-state index contributed by atoms with van der Waals surface area (Å²) in [6, 6.07) is 1.90. The van der Waals surface area contributed by atoms with Crippen LogP contribution >= 0.6 is 11.6 Å². The Hall–Kier alpha value is -1.21. The maximum Gasteiger partial charge on any atom is 0.285 e. The third-order valence-corrected chi connectivity index (χ3v) is 1.71. The summed E-state index contributed by atoms with van der Waals surface area (Å²) < 4.78 is 1.25. The fourth-order valence-electron chi connectivity index (χ4n) is 0.775. The van der Waals surface area contributed by atoms with E-state index in [0.717, 1.165) is 0 Å². The lowest BCUT2D eigenvalue weighted by Gasteiger charge is -1.86. The van der Waals surface area contributed by atoms with E-state index in [0.29, 0.717) is 5.69 Å². The molecule has 0 bridgehead atoms. The van der Waals surface area contributed by atoms with Crippen LogP contribution in [0.5, 0.6) is 0 Å². The van der Waals surface area contributed by atoms with Gasteiger partial charge in [0.15, 0.2) is 0 Å². The van der Waals surface area contributed by atoms with Crippen molar-refractivity contribution in [2.45, 2.75) is 6.42 Å². The van der Waals surface area contributed by atoms with Crippen LogP contribution in [0.15, 0.2) is 4.79 Å². The third-order valence-electron chi connectivity index (χ3n) is 1.32. The quantitative estimate of drug-likeness (QED) is 0.666. The number of nitrogens with zero attached hydrogens (tertiary/aromatic N) is 2. The Morgan fingerprint density at radius 2 is 2.45 bits per heavy atom. The zero-order chi connectivity index (χ0) is 8.43. The first-order valence-electron chi connectivity index (χ1n) is 2.97. The highest BCUT2D eigenvalue weighted by Crippen LogP contribution is 2.07. The number of aryl methyl sites for hydroxylation is 1. The number of hydrogen-bond donors (Lipinski definition) is 1. The molecule has 58 valence electrons. The highest BCUT2D eigenvalue weighted by atomic mass is 35.5. The van der Waals surface area contributed by atoms with Gasteiger partial charge < -0.3 is 0 Å². The van der Waals surface area contributed by atoms with Gasteiger partial charge in [-0.1, -0.05) is 11.6 Å². The molecule has 0 saturated carbocycles. The average molecular weight is 172 g/mol. The molecular formula is C6H6ClN3O. The van der Waals surface area contributed by atoms with E-state index in [2.05, 4.69) is 5.10 Å². The largest absolute Gasteiger partial charge is 0.297 e. The topological polar surface area (TPSA) is 61.6 Å². The van der Waals surface area contributed by atoms with E-state index in [1.807, 2.05) is 6.07 Å². The molecule has 0 saturated heterocycles. The van der Waals surface area contributed by atoms with E-state index in [4.69, 9.17) is 16.9 Å². The Bertz CT molecular complexity index is 357. The summed E-state index contributed by atoms with van der Waals surface area (Å²) in [5.74, 6) is 0. The maximum absolute atomic E-state index is 11.0. The number of H-pyrrole nitrogens is 1. The van der Waals surface area contributed by atoms with Crippen LogP contribution in [0.25, 0.3) is 0 Å². The molecule has 1 heterocycles. The Labute approximate surface area is 68.0 Å². The van der Waals surface area contributed by atoms with Gasteiger partial charge in [0.25, 0.3) is 5.56 Å². The second kappa shape index (κ2) is 2.81. The van der Waals surface area contributed by atoms with Crippen molar-refractivity contribution in [1.82, 2.24) is 9.78 Å². The molecule has 0 amide bonds. The van der Waals surface area contributed by atoms with Crippen LogP contribution in [0.1, 0.15) is 5.69 Å². The Morgan fingerprint density at radius 1 is 1.82 bits per heavy atom. The van der Waals surface area contributed by atoms with E-state index >= 15 is 0 Å². The molecule has 1 N–H and O–H groups in total. The minimum atomic E-state index is -0.295. The minimum Gasteiger partial charge on any atom is -0.297 e. The van der Waals surface area contributed by atoms with Gasteiger partial charge in [0.1, 0.15) is 5.02 Å². The van der Waals surface area contributed by atoms with E-state index in [1.165, 1.54) is 4.68 Å². The molecule has 1 aromatic heterocycles. The van der Waals surface area contributed by atoms with E-state index < -0.39 is 0 Å². The zero-order valence-corrected chi connectivity index (χ0v) is 6.64. The van der Waals surface area contributed by atoms with Crippen LogP contribution in [-0.4, -0.2) is 9.78 Å². The summed E-state index contributed by atoms with van der Waals surface area (Å²) >= 11 is 5.58. The van der Waals surface area contributed by atoms with Gasteiger partial charge in [-0.15, -0.1) is 0 Å². The second-order valence-corrected chi connectivity index (χ2v) is 2.48. The second-order valence-electron chi connectivity index (χ2n) is 2.10. The molecular weight excluding hydrogens is 166 g/mol. The van der Waals surface area contributed by atoms with Crippen molar-refractivity contribution in [3.05, 3.63) is 21.1 Å². The van der Waals surface area contributed by atoms with E-state index in [-0.39, 0.29) is 17.0 Å². The Kier molecular flexibility index (Phi) is 2.01.